The monoisotopic (exact) mass is 409 g/mol. The molecule has 154 valence electrons. The Morgan fingerprint density at radius 3 is 2.77 bits per heavy atom. The highest BCUT2D eigenvalue weighted by atomic mass is 19.1. The Morgan fingerprint density at radius 2 is 1.97 bits per heavy atom. The molecule has 3 N–H and O–H groups in total. The van der Waals surface area contributed by atoms with E-state index in [9.17, 15) is 13.6 Å². The highest BCUT2D eigenvalue weighted by Gasteiger charge is 2.22. The third kappa shape index (κ3) is 4.13. The first-order valence-electron chi connectivity index (χ1n) is 9.70. The van der Waals surface area contributed by atoms with Gasteiger partial charge in [-0.3, -0.25) is 9.78 Å². The molecule has 0 bridgehead atoms. The van der Waals surface area contributed by atoms with Crippen LogP contribution in [0.1, 0.15) is 23.3 Å². The second kappa shape index (κ2) is 8.54. The molecule has 1 fully saturated rings. The van der Waals surface area contributed by atoms with Crippen LogP contribution in [-0.2, 0) is 0 Å². The molecule has 3 aromatic rings. The Balaban J connectivity index is 1.62. The number of anilines is 2. The third-order valence-electron chi connectivity index (χ3n) is 5.06. The zero-order valence-electron chi connectivity index (χ0n) is 16.2. The number of carbonyl (C=O) groups excluding carboxylic acids is 1. The lowest BCUT2D eigenvalue weighted by molar-refractivity contribution is 0.101. The van der Waals surface area contributed by atoms with Crippen molar-refractivity contribution in [1.82, 2.24) is 9.97 Å². The molecular weight excluding hydrogens is 388 g/mol. The van der Waals surface area contributed by atoms with Gasteiger partial charge in [0.1, 0.15) is 5.82 Å². The number of rotatable bonds is 4. The fourth-order valence-electron chi connectivity index (χ4n) is 3.59. The Labute approximate surface area is 172 Å². The minimum atomic E-state index is -0.793. The lowest BCUT2D eigenvalue weighted by atomic mass is 10.1. The molecule has 1 aliphatic rings. The molecule has 1 atom stereocenters. The fraction of sp³-hybridized carbons (Fsp3) is 0.227. The SMILES string of the molecule is N[C@H]1CCCN(c2ccncc2NC(=O)c2nc(-c3ccccc3F)ccc2F)C1. The molecule has 3 heterocycles. The van der Waals surface area contributed by atoms with Crippen LogP contribution < -0.4 is 16.0 Å². The molecule has 1 aromatic carbocycles. The molecule has 4 rings (SSSR count). The number of pyridine rings is 2. The molecule has 0 radical (unpaired) electrons. The van der Waals surface area contributed by atoms with Crippen molar-refractivity contribution < 1.29 is 13.6 Å². The van der Waals surface area contributed by atoms with Crippen LogP contribution in [0.5, 0.6) is 0 Å². The van der Waals surface area contributed by atoms with E-state index >= 15 is 0 Å². The smallest absolute Gasteiger partial charge is 0.277 e. The molecular formula is C22H21F2N5O. The van der Waals surface area contributed by atoms with Crippen LogP contribution in [0.15, 0.2) is 54.9 Å². The number of nitrogens with one attached hydrogen (secondary N) is 1. The van der Waals surface area contributed by atoms with Crippen LogP contribution in [0, 0.1) is 11.6 Å². The number of hydrogen-bond acceptors (Lipinski definition) is 5. The summed E-state index contributed by atoms with van der Waals surface area (Å²) in [6.07, 6.45) is 5.02. The van der Waals surface area contributed by atoms with Crippen molar-refractivity contribution in [2.45, 2.75) is 18.9 Å². The van der Waals surface area contributed by atoms with Gasteiger partial charge in [-0.15, -0.1) is 0 Å². The van der Waals surface area contributed by atoms with Crippen molar-refractivity contribution >= 4 is 17.3 Å². The molecule has 1 amide bonds. The fourth-order valence-corrected chi connectivity index (χ4v) is 3.59. The summed E-state index contributed by atoms with van der Waals surface area (Å²) in [6.45, 7) is 1.46. The zero-order valence-corrected chi connectivity index (χ0v) is 16.2. The van der Waals surface area contributed by atoms with Crippen molar-refractivity contribution in [3.63, 3.8) is 0 Å². The zero-order chi connectivity index (χ0) is 21.1. The van der Waals surface area contributed by atoms with Gasteiger partial charge in [0.15, 0.2) is 11.5 Å². The lowest BCUT2D eigenvalue weighted by Gasteiger charge is -2.33. The number of amides is 1. The summed E-state index contributed by atoms with van der Waals surface area (Å²) in [4.78, 5) is 23.0. The normalized spacial score (nSPS) is 16.4. The Morgan fingerprint density at radius 1 is 1.13 bits per heavy atom. The number of nitrogens with zero attached hydrogens (tertiary/aromatic N) is 3. The van der Waals surface area contributed by atoms with Gasteiger partial charge in [0.05, 0.1) is 23.3 Å². The first-order valence-corrected chi connectivity index (χ1v) is 9.70. The van der Waals surface area contributed by atoms with Crippen LogP contribution in [0.4, 0.5) is 20.2 Å². The highest BCUT2D eigenvalue weighted by Crippen LogP contribution is 2.28. The Bertz CT molecular complexity index is 1070. The minimum Gasteiger partial charge on any atom is -0.368 e. The van der Waals surface area contributed by atoms with Crippen molar-refractivity contribution in [2.75, 3.05) is 23.3 Å². The van der Waals surface area contributed by atoms with Gasteiger partial charge in [0.2, 0.25) is 0 Å². The van der Waals surface area contributed by atoms with E-state index in [0.29, 0.717) is 12.2 Å². The molecule has 2 aromatic heterocycles. The van der Waals surface area contributed by atoms with Crippen LogP contribution >= 0.6 is 0 Å². The van der Waals surface area contributed by atoms with Crippen LogP contribution in [0.25, 0.3) is 11.3 Å². The second-order valence-corrected chi connectivity index (χ2v) is 7.20. The van der Waals surface area contributed by atoms with E-state index in [-0.39, 0.29) is 17.3 Å². The van der Waals surface area contributed by atoms with Crippen LogP contribution in [0.2, 0.25) is 0 Å². The standard InChI is InChI=1S/C22H21F2N5O/c23-16-6-2-1-5-15(16)18-8-7-17(24)21(27-18)22(30)28-19-12-26-10-9-20(19)29-11-3-4-14(25)13-29/h1-2,5-10,12,14H,3-4,11,13,25H2,(H,28,30)/t14-/m0/s1. The largest absolute Gasteiger partial charge is 0.368 e. The van der Waals surface area contributed by atoms with E-state index in [0.717, 1.165) is 31.1 Å². The van der Waals surface area contributed by atoms with E-state index in [4.69, 9.17) is 5.73 Å². The molecule has 0 unspecified atom stereocenters. The summed E-state index contributed by atoms with van der Waals surface area (Å²) >= 11 is 0. The van der Waals surface area contributed by atoms with E-state index < -0.39 is 23.2 Å². The van der Waals surface area contributed by atoms with Gasteiger partial charge in [-0.05, 0) is 43.2 Å². The molecule has 0 saturated carbocycles. The first-order chi connectivity index (χ1) is 14.5. The molecule has 30 heavy (non-hydrogen) atoms. The van der Waals surface area contributed by atoms with Crippen molar-refractivity contribution in [2.24, 2.45) is 5.73 Å². The average Bonchev–Trinajstić information content (AvgIpc) is 2.75. The average molecular weight is 409 g/mol. The summed E-state index contributed by atoms with van der Waals surface area (Å²) in [5, 5.41) is 2.69. The second-order valence-electron chi connectivity index (χ2n) is 7.20. The summed E-state index contributed by atoms with van der Waals surface area (Å²) < 4.78 is 28.5. The number of benzene rings is 1. The lowest BCUT2D eigenvalue weighted by Crippen LogP contribution is -2.43. The highest BCUT2D eigenvalue weighted by molar-refractivity contribution is 6.05. The molecule has 1 saturated heterocycles. The van der Waals surface area contributed by atoms with Gasteiger partial charge < -0.3 is 16.0 Å². The maximum atomic E-state index is 14.4. The Kier molecular flexibility index (Phi) is 5.67. The van der Waals surface area contributed by atoms with E-state index in [1.54, 1.807) is 24.4 Å². The van der Waals surface area contributed by atoms with Gasteiger partial charge in [0, 0.05) is 30.9 Å². The molecule has 6 nitrogen and oxygen atoms in total. The number of aromatic nitrogens is 2. The van der Waals surface area contributed by atoms with E-state index in [1.165, 1.54) is 24.4 Å². The predicted octanol–water partition coefficient (Wildman–Crippen LogP) is 3.60. The van der Waals surface area contributed by atoms with E-state index in [1.807, 2.05) is 0 Å². The molecule has 1 aliphatic heterocycles. The van der Waals surface area contributed by atoms with Gasteiger partial charge in [-0.2, -0.15) is 0 Å². The number of piperidine rings is 1. The van der Waals surface area contributed by atoms with Gasteiger partial charge in [-0.25, -0.2) is 13.8 Å². The maximum absolute atomic E-state index is 14.4. The Hall–Kier alpha value is -3.39. The van der Waals surface area contributed by atoms with Crippen molar-refractivity contribution in [1.29, 1.82) is 0 Å². The molecule has 0 aliphatic carbocycles. The predicted molar refractivity (Wildman–Crippen MR) is 111 cm³/mol. The van der Waals surface area contributed by atoms with Gasteiger partial charge in [0.25, 0.3) is 5.91 Å². The number of carbonyl (C=O) groups is 1. The summed E-state index contributed by atoms with van der Waals surface area (Å²) in [5.41, 5.74) is 7.23. The maximum Gasteiger partial charge on any atom is 0.277 e. The third-order valence-corrected chi connectivity index (χ3v) is 5.06. The number of hydrogen-bond donors (Lipinski definition) is 2. The summed E-state index contributed by atoms with van der Waals surface area (Å²) in [7, 11) is 0. The topological polar surface area (TPSA) is 84.1 Å². The minimum absolute atomic E-state index is 0.0482. The number of halogens is 2. The first kappa shape index (κ1) is 19.9. The van der Waals surface area contributed by atoms with E-state index in [2.05, 4.69) is 20.2 Å². The summed E-state index contributed by atoms with van der Waals surface area (Å²) in [6, 6.07) is 10.3. The van der Waals surface area contributed by atoms with Crippen LogP contribution in [0.3, 0.4) is 0 Å². The number of nitrogens with two attached hydrogens (primary N) is 1. The molecule has 8 heteroatoms. The summed E-state index contributed by atoms with van der Waals surface area (Å²) in [5.74, 6) is -2.03. The van der Waals surface area contributed by atoms with Crippen molar-refractivity contribution in [3.05, 3.63) is 72.2 Å². The van der Waals surface area contributed by atoms with Crippen LogP contribution in [-0.4, -0.2) is 35.0 Å². The quantitative estimate of drug-likeness (QED) is 0.688. The van der Waals surface area contributed by atoms with Gasteiger partial charge >= 0.3 is 0 Å². The van der Waals surface area contributed by atoms with Crippen molar-refractivity contribution in [3.8, 4) is 11.3 Å². The van der Waals surface area contributed by atoms with Gasteiger partial charge in [-0.1, -0.05) is 12.1 Å². The molecule has 0 spiro atoms.